The van der Waals surface area contributed by atoms with Crippen molar-refractivity contribution in [2.45, 2.75) is 79.8 Å². The molecule has 0 saturated heterocycles. The molecule has 1 aromatic heterocycles. The Morgan fingerprint density at radius 1 is 1.07 bits per heavy atom. The number of rotatable bonds is 8. The predicted molar refractivity (Wildman–Crippen MR) is 175 cm³/mol. The van der Waals surface area contributed by atoms with E-state index in [-0.39, 0.29) is 0 Å². The van der Waals surface area contributed by atoms with E-state index in [9.17, 15) is 0 Å². The fraction of sp³-hybridized carbons (Fsp3) is 0.455. The number of hydrogen-bond acceptors (Lipinski definition) is 7. The highest BCUT2D eigenvalue weighted by molar-refractivity contribution is 6.04. The number of amidine groups is 1. The van der Waals surface area contributed by atoms with Crippen LogP contribution in [-0.2, 0) is 17.6 Å². The molecule has 0 amide bonds. The first-order valence-electron chi connectivity index (χ1n) is 14.7. The molecule has 224 valence electrons. The van der Waals surface area contributed by atoms with Gasteiger partial charge in [0.1, 0.15) is 0 Å². The minimum Gasteiger partial charge on any atom is -0.385 e. The molecule has 41 heavy (non-hydrogen) atoms. The number of pyridine rings is 1. The molecule has 0 spiro atoms. The summed E-state index contributed by atoms with van der Waals surface area (Å²) in [7, 11) is 3.85. The maximum atomic E-state index is 5.48. The summed E-state index contributed by atoms with van der Waals surface area (Å²) in [5, 5.41) is 7.24. The number of aryl methyl sites for hydroxylation is 4. The molecule has 8 nitrogen and oxygen atoms in total. The Bertz CT molecular complexity index is 1260. The van der Waals surface area contributed by atoms with Gasteiger partial charge in [-0.2, -0.15) is 5.10 Å². The number of methoxy groups -OCH3 is 1. The van der Waals surface area contributed by atoms with E-state index >= 15 is 0 Å². The van der Waals surface area contributed by atoms with Crippen LogP contribution in [0.5, 0.6) is 0 Å². The van der Waals surface area contributed by atoms with Crippen molar-refractivity contribution in [1.82, 2.24) is 10.4 Å². The molecule has 3 aromatic rings. The molecule has 4 rings (SSSR count). The first-order chi connectivity index (χ1) is 19.8. The molecule has 6 N–H and O–H groups in total. The first-order valence-corrected chi connectivity index (χ1v) is 14.7. The lowest BCUT2D eigenvalue weighted by Crippen LogP contribution is -2.32. The Morgan fingerprint density at radius 2 is 1.78 bits per heavy atom. The summed E-state index contributed by atoms with van der Waals surface area (Å²) in [5.74, 6) is 12.4. The van der Waals surface area contributed by atoms with E-state index in [2.05, 4.69) is 93.6 Å². The van der Waals surface area contributed by atoms with Gasteiger partial charge in [-0.1, -0.05) is 76.6 Å². The highest BCUT2D eigenvalue weighted by Crippen LogP contribution is 2.35. The number of fused-ring (bicyclic) bond motifs is 1. The van der Waals surface area contributed by atoms with Gasteiger partial charge in [-0.05, 0) is 73.4 Å². The van der Waals surface area contributed by atoms with Crippen LogP contribution >= 0.6 is 0 Å². The molecule has 2 heterocycles. The molecule has 0 fully saturated rings. The van der Waals surface area contributed by atoms with Crippen LogP contribution in [0.15, 0.2) is 53.6 Å². The number of hydrazone groups is 1. The van der Waals surface area contributed by atoms with Gasteiger partial charge >= 0.3 is 0 Å². The number of aromatic nitrogens is 1. The Labute approximate surface area is 247 Å². The molecule has 0 radical (unpaired) electrons. The summed E-state index contributed by atoms with van der Waals surface area (Å²) >= 11 is 0. The van der Waals surface area contributed by atoms with Crippen LogP contribution in [0.3, 0.4) is 0 Å². The van der Waals surface area contributed by atoms with Crippen molar-refractivity contribution in [3.05, 3.63) is 76.5 Å². The number of hydrazine groups is 1. The van der Waals surface area contributed by atoms with Crippen LogP contribution in [0.2, 0.25) is 0 Å². The van der Waals surface area contributed by atoms with Crippen molar-refractivity contribution >= 4 is 17.3 Å². The Balaban J connectivity index is 0.000000263. The molecule has 0 aliphatic carbocycles. The van der Waals surface area contributed by atoms with E-state index in [1.807, 2.05) is 24.3 Å². The highest BCUT2D eigenvalue weighted by atomic mass is 16.5. The topological polar surface area (TPSA) is 114 Å². The standard InChI is InChI=1S/C16H20N4.C14H23N3O.C3H8/c1-3-12-10-13(9-8-11(12)2)14-6-4-5-7-15(14)16(19-17)20-18;1-5-12-16-13-10(2)9-11(7-6-8-18-4)15-14(13)17(12)3;1-3-2/h4-10H,3,17-18H2,1-2H3,(H,19,20);9,12,16H,5-8H2,1-4H3;3H2,1-2H3. The van der Waals surface area contributed by atoms with Gasteiger partial charge < -0.3 is 26.2 Å². The molecule has 0 bridgehead atoms. The predicted octanol–water partition coefficient (Wildman–Crippen LogP) is 6.29. The van der Waals surface area contributed by atoms with Crippen LogP contribution in [0.1, 0.15) is 74.9 Å². The van der Waals surface area contributed by atoms with Gasteiger partial charge in [-0.15, -0.1) is 0 Å². The summed E-state index contributed by atoms with van der Waals surface area (Å²) in [6.45, 7) is 13.7. The zero-order valence-electron chi connectivity index (χ0n) is 26.3. The van der Waals surface area contributed by atoms with Gasteiger partial charge in [-0.25, -0.2) is 10.8 Å². The Morgan fingerprint density at radius 3 is 2.39 bits per heavy atom. The zero-order chi connectivity index (χ0) is 30.4. The third-order valence-electron chi connectivity index (χ3n) is 7.02. The quantitative estimate of drug-likeness (QED) is 0.0840. The average Bonchev–Trinajstić information content (AvgIpc) is 3.31. The van der Waals surface area contributed by atoms with Crippen molar-refractivity contribution in [2.24, 2.45) is 16.8 Å². The van der Waals surface area contributed by atoms with Crippen molar-refractivity contribution < 1.29 is 4.74 Å². The smallest absolute Gasteiger partial charge is 0.167 e. The molecular formula is C33H51N7O. The molecule has 1 aliphatic heterocycles. The van der Waals surface area contributed by atoms with Crippen LogP contribution in [-0.4, -0.2) is 37.7 Å². The second-order valence-corrected chi connectivity index (χ2v) is 10.3. The maximum Gasteiger partial charge on any atom is 0.167 e. The summed E-state index contributed by atoms with van der Waals surface area (Å²) < 4.78 is 5.09. The third kappa shape index (κ3) is 8.93. The molecule has 1 aliphatic rings. The van der Waals surface area contributed by atoms with Crippen LogP contribution in [0, 0.1) is 13.8 Å². The van der Waals surface area contributed by atoms with E-state index in [1.54, 1.807) is 7.11 Å². The summed E-state index contributed by atoms with van der Waals surface area (Å²) in [6.07, 6.45) is 5.71. The lowest BCUT2D eigenvalue weighted by Gasteiger charge is -2.19. The third-order valence-corrected chi connectivity index (χ3v) is 7.02. The van der Waals surface area contributed by atoms with Crippen molar-refractivity contribution in [2.75, 3.05) is 31.0 Å². The minimum atomic E-state index is 0.375. The molecule has 8 heteroatoms. The van der Waals surface area contributed by atoms with E-state index in [0.29, 0.717) is 12.0 Å². The van der Waals surface area contributed by atoms with Crippen LogP contribution in [0.25, 0.3) is 11.1 Å². The SMILES string of the molecule is CCC.CCC1Nc2c(C)cc(CCCOC)nc2N1C.CCc1cc(-c2ccccc2/C(=N/N)NN)ccc1C. The molecule has 2 aromatic carbocycles. The van der Waals surface area contributed by atoms with Gasteiger partial charge in [0.25, 0.3) is 0 Å². The summed E-state index contributed by atoms with van der Waals surface area (Å²) in [5.41, 5.74) is 11.9. The largest absolute Gasteiger partial charge is 0.385 e. The van der Waals surface area contributed by atoms with E-state index in [4.69, 9.17) is 21.4 Å². The number of nitrogens with one attached hydrogen (secondary N) is 2. The molecule has 1 atom stereocenters. The minimum absolute atomic E-state index is 0.375. The molecule has 1 unspecified atom stereocenters. The van der Waals surface area contributed by atoms with Gasteiger partial charge in [0.2, 0.25) is 0 Å². The normalized spacial score (nSPS) is 13.8. The Kier molecular flexibility index (Phi) is 14.1. The van der Waals surface area contributed by atoms with Crippen LogP contribution < -0.4 is 27.3 Å². The number of benzene rings is 2. The van der Waals surface area contributed by atoms with E-state index in [0.717, 1.165) is 60.5 Å². The second-order valence-electron chi connectivity index (χ2n) is 10.3. The number of ether oxygens (including phenoxy) is 1. The van der Waals surface area contributed by atoms with Crippen molar-refractivity contribution in [3.8, 4) is 11.1 Å². The lowest BCUT2D eigenvalue weighted by atomic mass is 9.95. The van der Waals surface area contributed by atoms with Crippen molar-refractivity contribution in [3.63, 3.8) is 0 Å². The molecule has 0 saturated carbocycles. The van der Waals surface area contributed by atoms with E-state index in [1.165, 1.54) is 28.8 Å². The fourth-order valence-electron chi connectivity index (χ4n) is 4.81. The maximum absolute atomic E-state index is 5.48. The number of nitrogens with zero attached hydrogens (tertiary/aromatic N) is 3. The number of anilines is 2. The zero-order valence-corrected chi connectivity index (χ0v) is 26.3. The monoisotopic (exact) mass is 561 g/mol. The van der Waals surface area contributed by atoms with Crippen molar-refractivity contribution in [1.29, 1.82) is 0 Å². The fourth-order valence-corrected chi connectivity index (χ4v) is 4.81. The second kappa shape index (κ2) is 17.3. The molecular weight excluding hydrogens is 510 g/mol. The van der Waals surface area contributed by atoms with E-state index < -0.39 is 0 Å². The lowest BCUT2D eigenvalue weighted by molar-refractivity contribution is 0.195. The Hall–Kier alpha value is -3.62. The average molecular weight is 562 g/mol. The first kappa shape index (κ1) is 33.6. The van der Waals surface area contributed by atoms with Crippen LogP contribution in [0.4, 0.5) is 11.5 Å². The highest BCUT2D eigenvalue weighted by Gasteiger charge is 2.27. The summed E-state index contributed by atoms with van der Waals surface area (Å²) in [4.78, 5) is 7.01. The number of nitrogens with two attached hydrogens (primary N) is 2. The number of hydrogen-bond donors (Lipinski definition) is 4. The van der Waals surface area contributed by atoms with Gasteiger partial charge in [0, 0.05) is 32.0 Å². The summed E-state index contributed by atoms with van der Waals surface area (Å²) in [6, 6.07) is 16.6. The van der Waals surface area contributed by atoms with Gasteiger partial charge in [0.05, 0.1) is 11.9 Å². The van der Waals surface area contributed by atoms with Gasteiger partial charge in [-0.3, -0.25) is 0 Å². The van der Waals surface area contributed by atoms with Gasteiger partial charge in [0.15, 0.2) is 11.7 Å².